The number of benzene rings is 2. The average Bonchev–Trinajstić information content (AvgIpc) is 3.21. The van der Waals surface area contributed by atoms with Crippen LogP contribution in [0.1, 0.15) is 23.2 Å². The number of methoxy groups -OCH3 is 1. The average molecular weight is 476 g/mol. The van der Waals surface area contributed by atoms with Crippen molar-refractivity contribution in [1.29, 1.82) is 0 Å². The summed E-state index contributed by atoms with van der Waals surface area (Å²) < 4.78 is 37.0. The first-order chi connectivity index (χ1) is 15.3. The van der Waals surface area contributed by atoms with E-state index in [-0.39, 0.29) is 18.1 Å². The fraction of sp³-hybridized carbons (Fsp3) is 0.273. The van der Waals surface area contributed by atoms with Gasteiger partial charge in [0.15, 0.2) is 0 Å². The van der Waals surface area contributed by atoms with Crippen LogP contribution in [0.3, 0.4) is 0 Å². The second-order valence-corrected chi connectivity index (χ2v) is 9.93. The minimum atomic E-state index is -3.44. The van der Waals surface area contributed by atoms with Crippen LogP contribution < -0.4 is 19.5 Å². The van der Waals surface area contributed by atoms with E-state index in [4.69, 9.17) is 9.47 Å². The summed E-state index contributed by atoms with van der Waals surface area (Å²) in [5, 5.41) is 5.39. The van der Waals surface area contributed by atoms with Gasteiger partial charge in [-0.2, -0.15) is 0 Å². The molecule has 32 heavy (non-hydrogen) atoms. The third-order valence-electron chi connectivity index (χ3n) is 4.46. The number of aryl methyl sites for hydroxylation is 1. The van der Waals surface area contributed by atoms with Crippen molar-refractivity contribution < 1.29 is 22.7 Å². The molecule has 0 fully saturated rings. The molecule has 2 aromatic carbocycles. The van der Waals surface area contributed by atoms with Gasteiger partial charge in [0.05, 0.1) is 30.7 Å². The lowest BCUT2D eigenvalue weighted by Crippen LogP contribution is -2.16. The summed E-state index contributed by atoms with van der Waals surface area (Å²) >= 11 is 1.43. The highest BCUT2D eigenvalue weighted by molar-refractivity contribution is 7.92. The van der Waals surface area contributed by atoms with Crippen molar-refractivity contribution in [1.82, 2.24) is 4.98 Å². The van der Waals surface area contributed by atoms with E-state index in [1.165, 1.54) is 18.4 Å². The van der Waals surface area contributed by atoms with Crippen molar-refractivity contribution in [2.24, 2.45) is 0 Å². The number of anilines is 2. The molecule has 0 aliphatic rings. The van der Waals surface area contributed by atoms with Gasteiger partial charge in [-0.3, -0.25) is 9.52 Å². The zero-order chi connectivity index (χ0) is 23.1. The van der Waals surface area contributed by atoms with Gasteiger partial charge in [0.2, 0.25) is 15.9 Å². The third-order valence-corrected chi connectivity index (χ3v) is 6.62. The summed E-state index contributed by atoms with van der Waals surface area (Å²) in [5.41, 5.74) is 2.61. The lowest BCUT2D eigenvalue weighted by Gasteiger charge is -2.13. The van der Waals surface area contributed by atoms with Crippen LogP contribution >= 0.6 is 11.3 Å². The predicted octanol–water partition coefficient (Wildman–Crippen LogP) is 3.98. The van der Waals surface area contributed by atoms with Crippen molar-refractivity contribution in [3.63, 3.8) is 0 Å². The number of carbonyl (C=O) groups excluding carboxylic acids is 1. The minimum absolute atomic E-state index is 0.0552. The molecule has 3 aromatic rings. The predicted molar refractivity (Wildman–Crippen MR) is 126 cm³/mol. The molecule has 1 amide bonds. The summed E-state index contributed by atoms with van der Waals surface area (Å²) in [5.74, 6) is 0.776. The number of aromatic nitrogens is 1. The van der Waals surface area contributed by atoms with Gasteiger partial charge in [-0.15, -0.1) is 11.3 Å². The number of nitrogens with one attached hydrogen (secondary N) is 2. The summed E-state index contributed by atoms with van der Waals surface area (Å²) in [6, 6.07) is 12.5. The number of amides is 1. The molecule has 170 valence electrons. The highest BCUT2D eigenvalue weighted by Crippen LogP contribution is 2.29. The maximum absolute atomic E-state index is 12.4. The Morgan fingerprint density at radius 2 is 1.91 bits per heavy atom. The van der Waals surface area contributed by atoms with E-state index in [2.05, 4.69) is 15.0 Å². The van der Waals surface area contributed by atoms with Crippen LogP contribution in [0.2, 0.25) is 0 Å². The van der Waals surface area contributed by atoms with Crippen LogP contribution in [-0.2, 0) is 27.8 Å². The number of nitrogens with zero attached hydrogens (tertiary/aromatic N) is 1. The van der Waals surface area contributed by atoms with E-state index in [0.29, 0.717) is 29.4 Å². The Labute approximate surface area is 191 Å². The quantitative estimate of drug-likeness (QED) is 0.459. The Hall–Kier alpha value is -3.11. The van der Waals surface area contributed by atoms with E-state index in [9.17, 15) is 13.2 Å². The third kappa shape index (κ3) is 6.69. The molecule has 0 atom stereocenters. The van der Waals surface area contributed by atoms with Crippen LogP contribution in [0.4, 0.5) is 11.4 Å². The van der Waals surface area contributed by atoms with E-state index >= 15 is 0 Å². The van der Waals surface area contributed by atoms with Gasteiger partial charge in [-0.25, -0.2) is 13.4 Å². The molecule has 0 radical (unpaired) electrons. The molecule has 10 heteroatoms. The lowest BCUT2D eigenvalue weighted by atomic mass is 10.2. The summed E-state index contributed by atoms with van der Waals surface area (Å²) in [4.78, 5) is 16.9. The molecule has 3 rings (SSSR count). The molecule has 2 N–H and O–H groups in total. The SMILES string of the molecule is CCS(=O)(=O)Nc1ccc(NC(=O)Cc2csc(COc3ccc(C)cc3)n2)cc1OC. The molecule has 0 saturated heterocycles. The maximum atomic E-state index is 12.4. The summed E-state index contributed by atoms with van der Waals surface area (Å²) in [6.07, 6.45) is 0.105. The van der Waals surface area contributed by atoms with Gasteiger partial charge in [-0.1, -0.05) is 17.7 Å². The molecule has 0 aliphatic carbocycles. The fourth-order valence-corrected chi connectivity index (χ4v) is 4.09. The molecule has 0 spiro atoms. The highest BCUT2D eigenvalue weighted by atomic mass is 32.2. The summed E-state index contributed by atoms with van der Waals surface area (Å²) in [7, 11) is -2.01. The molecule has 0 aliphatic heterocycles. The van der Waals surface area contributed by atoms with Gasteiger partial charge in [0.25, 0.3) is 0 Å². The number of ether oxygens (including phenoxy) is 2. The summed E-state index contributed by atoms with van der Waals surface area (Å²) in [6.45, 7) is 3.89. The van der Waals surface area contributed by atoms with E-state index in [1.54, 1.807) is 25.1 Å². The monoisotopic (exact) mass is 475 g/mol. The molecule has 8 nitrogen and oxygen atoms in total. The van der Waals surface area contributed by atoms with E-state index < -0.39 is 10.0 Å². The van der Waals surface area contributed by atoms with Gasteiger partial charge >= 0.3 is 0 Å². The van der Waals surface area contributed by atoms with Crippen LogP contribution in [0.25, 0.3) is 0 Å². The highest BCUT2D eigenvalue weighted by Gasteiger charge is 2.14. The number of hydrogen-bond acceptors (Lipinski definition) is 7. The normalized spacial score (nSPS) is 11.1. The van der Waals surface area contributed by atoms with Crippen molar-refractivity contribution in [3.05, 3.63) is 64.1 Å². The van der Waals surface area contributed by atoms with Crippen molar-refractivity contribution >= 4 is 38.6 Å². The maximum Gasteiger partial charge on any atom is 0.232 e. The van der Waals surface area contributed by atoms with Gasteiger partial charge in [0, 0.05) is 17.1 Å². The smallest absolute Gasteiger partial charge is 0.232 e. The molecule has 0 unspecified atom stereocenters. The zero-order valence-electron chi connectivity index (χ0n) is 18.0. The Morgan fingerprint density at radius 3 is 2.59 bits per heavy atom. The molecular weight excluding hydrogens is 450 g/mol. The molecule has 1 aromatic heterocycles. The first-order valence-corrected chi connectivity index (χ1v) is 12.4. The Balaban J connectivity index is 1.57. The molecule has 0 bridgehead atoms. The van der Waals surface area contributed by atoms with Crippen LogP contribution in [0.5, 0.6) is 11.5 Å². The second kappa shape index (κ2) is 10.5. The largest absolute Gasteiger partial charge is 0.494 e. The van der Waals surface area contributed by atoms with Crippen LogP contribution in [0.15, 0.2) is 47.8 Å². The standard InChI is InChI=1S/C22H25N3O5S2/c1-4-32(27,28)25-19-10-7-16(11-20(19)29-3)23-21(26)12-17-14-31-22(24-17)13-30-18-8-5-15(2)6-9-18/h5-11,14,25H,4,12-13H2,1-3H3,(H,23,26). The topological polar surface area (TPSA) is 107 Å². The van der Waals surface area contributed by atoms with Crippen molar-refractivity contribution in [3.8, 4) is 11.5 Å². The van der Waals surface area contributed by atoms with E-state index in [0.717, 1.165) is 16.3 Å². The van der Waals surface area contributed by atoms with Gasteiger partial charge in [-0.05, 0) is 38.1 Å². The Kier molecular flexibility index (Phi) is 7.70. The fourth-order valence-electron chi connectivity index (χ4n) is 2.74. The number of thiazole rings is 1. The van der Waals surface area contributed by atoms with E-state index in [1.807, 2.05) is 36.6 Å². The Morgan fingerprint density at radius 1 is 1.16 bits per heavy atom. The lowest BCUT2D eigenvalue weighted by molar-refractivity contribution is -0.115. The Bertz CT molecular complexity index is 1170. The van der Waals surface area contributed by atoms with Gasteiger partial charge in [0.1, 0.15) is 23.1 Å². The van der Waals surface area contributed by atoms with Crippen LogP contribution in [-0.4, -0.2) is 32.2 Å². The molecule has 1 heterocycles. The molecular formula is C22H25N3O5S2. The number of rotatable bonds is 10. The molecule has 0 saturated carbocycles. The van der Waals surface area contributed by atoms with Gasteiger partial charge < -0.3 is 14.8 Å². The van der Waals surface area contributed by atoms with Crippen molar-refractivity contribution in [2.45, 2.75) is 26.9 Å². The second-order valence-electron chi connectivity index (χ2n) is 6.98. The number of sulfonamides is 1. The number of hydrogen-bond donors (Lipinski definition) is 2. The van der Waals surface area contributed by atoms with Crippen LogP contribution in [0, 0.1) is 6.92 Å². The first kappa shape index (κ1) is 23.6. The zero-order valence-corrected chi connectivity index (χ0v) is 19.7. The first-order valence-electron chi connectivity index (χ1n) is 9.89. The minimum Gasteiger partial charge on any atom is -0.494 e. The number of carbonyl (C=O) groups is 1. The van der Waals surface area contributed by atoms with Crippen molar-refractivity contribution in [2.75, 3.05) is 22.9 Å².